The monoisotopic (exact) mass is 444 g/mol. The van der Waals surface area contributed by atoms with Gasteiger partial charge in [0.15, 0.2) is 17.2 Å². The smallest absolute Gasteiger partial charge is 0.396 e. The molecule has 0 radical (unpaired) electrons. The molecule has 5 heterocycles. The number of aliphatic hydroxyl groups is 1. The van der Waals surface area contributed by atoms with Crippen LogP contribution < -0.4 is 4.90 Å². The van der Waals surface area contributed by atoms with Crippen molar-refractivity contribution in [3.05, 3.63) is 54.5 Å². The third-order valence-electron chi connectivity index (χ3n) is 5.67. The SMILES string of the molecule is OCC1CC(c2cn[nH]c2)CN(c2ccnc(-c3cnc4cnc(C(F)(F)F)cn34)n2)C1. The number of aromatic amines is 1. The fourth-order valence-corrected chi connectivity index (χ4v) is 4.10. The highest BCUT2D eigenvalue weighted by Crippen LogP contribution is 2.33. The van der Waals surface area contributed by atoms with E-state index in [4.69, 9.17) is 0 Å². The molecule has 0 amide bonds. The summed E-state index contributed by atoms with van der Waals surface area (Å²) >= 11 is 0. The quantitative estimate of drug-likeness (QED) is 0.498. The second-order valence-corrected chi connectivity index (χ2v) is 7.80. The summed E-state index contributed by atoms with van der Waals surface area (Å²) < 4.78 is 40.7. The van der Waals surface area contributed by atoms with Crippen LogP contribution in [0.15, 0.2) is 43.2 Å². The van der Waals surface area contributed by atoms with Crippen molar-refractivity contribution in [1.82, 2.24) is 34.5 Å². The molecule has 0 aromatic carbocycles. The van der Waals surface area contributed by atoms with Gasteiger partial charge in [-0.05, 0) is 18.1 Å². The van der Waals surface area contributed by atoms with Gasteiger partial charge >= 0.3 is 6.18 Å². The molecule has 0 saturated carbocycles. The van der Waals surface area contributed by atoms with Crippen molar-refractivity contribution >= 4 is 11.5 Å². The molecule has 166 valence electrons. The number of rotatable bonds is 4. The van der Waals surface area contributed by atoms with Crippen LogP contribution in [0, 0.1) is 5.92 Å². The largest absolute Gasteiger partial charge is 0.434 e. The number of halogens is 3. The van der Waals surface area contributed by atoms with Crippen molar-refractivity contribution in [3.8, 4) is 11.5 Å². The molecule has 12 heteroatoms. The van der Waals surface area contributed by atoms with Gasteiger partial charge in [-0.2, -0.15) is 18.3 Å². The summed E-state index contributed by atoms with van der Waals surface area (Å²) in [5.41, 5.74) is 0.624. The Morgan fingerprint density at radius 3 is 2.75 bits per heavy atom. The van der Waals surface area contributed by atoms with E-state index in [-0.39, 0.29) is 29.9 Å². The van der Waals surface area contributed by atoms with E-state index in [1.165, 1.54) is 10.6 Å². The van der Waals surface area contributed by atoms with Crippen molar-refractivity contribution < 1.29 is 18.3 Å². The minimum Gasteiger partial charge on any atom is -0.396 e. The van der Waals surface area contributed by atoms with Crippen molar-refractivity contribution in [3.63, 3.8) is 0 Å². The Hall–Kier alpha value is -3.54. The summed E-state index contributed by atoms with van der Waals surface area (Å²) in [4.78, 5) is 18.5. The zero-order valence-corrected chi connectivity index (χ0v) is 16.7. The Kier molecular flexibility index (Phi) is 5.00. The van der Waals surface area contributed by atoms with Crippen molar-refractivity contribution in [2.45, 2.75) is 18.5 Å². The highest BCUT2D eigenvalue weighted by atomic mass is 19.4. The van der Waals surface area contributed by atoms with Crippen LogP contribution in [0.25, 0.3) is 17.2 Å². The summed E-state index contributed by atoms with van der Waals surface area (Å²) in [6.45, 7) is 1.32. The second-order valence-electron chi connectivity index (χ2n) is 7.80. The molecule has 2 atom stereocenters. The summed E-state index contributed by atoms with van der Waals surface area (Å²) in [7, 11) is 0. The highest BCUT2D eigenvalue weighted by Gasteiger charge is 2.33. The number of fused-ring (bicyclic) bond motifs is 1. The van der Waals surface area contributed by atoms with Crippen LogP contribution in [0.3, 0.4) is 0 Å². The molecule has 1 saturated heterocycles. The van der Waals surface area contributed by atoms with E-state index < -0.39 is 11.9 Å². The predicted molar refractivity (Wildman–Crippen MR) is 108 cm³/mol. The average molecular weight is 444 g/mol. The second kappa shape index (κ2) is 7.86. The van der Waals surface area contributed by atoms with Crippen LogP contribution in [-0.2, 0) is 6.18 Å². The van der Waals surface area contributed by atoms with Gasteiger partial charge in [0.2, 0.25) is 0 Å². The molecule has 32 heavy (non-hydrogen) atoms. The first-order chi connectivity index (χ1) is 15.4. The number of hydrogen-bond donors (Lipinski definition) is 2. The Balaban J connectivity index is 1.49. The maximum atomic E-state index is 13.1. The standard InChI is InChI=1S/C20H19F3N8O/c21-20(22,23)16-10-31-15(6-26-18(31)7-25-16)19-24-2-1-17(29-19)30-8-12(11-32)3-13(9-30)14-4-27-28-5-14/h1-2,4-7,10,12-13,32H,3,8-9,11H2,(H,27,28). The number of anilines is 1. The van der Waals surface area contributed by atoms with Gasteiger partial charge in [0.25, 0.3) is 0 Å². The van der Waals surface area contributed by atoms with Gasteiger partial charge in [-0.25, -0.2) is 19.9 Å². The molecule has 1 aliphatic rings. The average Bonchev–Trinajstić information content (AvgIpc) is 3.48. The molecule has 0 bridgehead atoms. The minimum absolute atomic E-state index is 0.0449. The maximum absolute atomic E-state index is 13.1. The van der Waals surface area contributed by atoms with E-state index in [1.807, 2.05) is 6.20 Å². The minimum atomic E-state index is -4.58. The molecule has 4 aromatic heterocycles. The summed E-state index contributed by atoms with van der Waals surface area (Å²) in [6.07, 6.45) is 4.83. The van der Waals surface area contributed by atoms with Gasteiger partial charge in [0.05, 0.1) is 18.6 Å². The molecule has 2 unspecified atom stereocenters. The van der Waals surface area contributed by atoms with Crippen LogP contribution in [-0.4, -0.2) is 59.3 Å². The van der Waals surface area contributed by atoms with Crippen LogP contribution in [0.4, 0.5) is 19.0 Å². The summed E-state index contributed by atoms with van der Waals surface area (Å²) in [5.74, 6) is 1.09. The molecule has 1 fully saturated rings. The Morgan fingerprint density at radius 2 is 2.00 bits per heavy atom. The fraction of sp³-hybridized carbons (Fsp3) is 0.350. The molecule has 9 nitrogen and oxygen atoms in total. The van der Waals surface area contributed by atoms with E-state index in [0.29, 0.717) is 24.6 Å². The summed E-state index contributed by atoms with van der Waals surface area (Å²) in [5, 5.41) is 16.6. The lowest BCUT2D eigenvalue weighted by Gasteiger charge is -2.37. The highest BCUT2D eigenvalue weighted by molar-refractivity contribution is 5.58. The molecule has 1 aliphatic heterocycles. The maximum Gasteiger partial charge on any atom is 0.434 e. The van der Waals surface area contributed by atoms with Crippen molar-refractivity contribution in [2.75, 3.05) is 24.6 Å². The first kappa shape index (κ1) is 20.4. The molecule has 4 aromatic rings. The number of nitrogens with one attached hydrogen (secondary N) is 1. The van der Waals surface area contributed by atoms with Crippen molar-refractivity contribution in [2.24, 2.45) is 5.92 Å². The van der Waals surface area contributed by atoms with E-state index in [1.54, 1.807) is 18.5 Å². The Labute approximate surface area is 180 Å². The van der Waals surface area contributed by atoms with E-state index >= 15 is 0 Å². The zero-order chi connectivity index (χ0) is 22.3. The van der Waals surface area contributed by atoms with Crippen LogP contribution in [0.1, 0.15) is 23.6 Å². The molecule has 0 aliphatic carbocycles. The number of alkyl halides is 3. The number of aromatic nitrogens is 7. The van der Waals surface area contributed by atoms with E-state index in [0.717, 1.165) is 24.4 Å². The van der Waals surface area contributed by atoms with Gasteiger partial charge in [0, 0.05) is 50.1 Å². The molecule has 2 N–H and O–H groups in total. The van der Waals surface area contributed by atoms with Crippen LogP contribution in [0.5, 0.6) is 0 Å². The third kappa shape index (κ3) is 3.77. The number of imidazole rings is 1. The van der Waals surface area contributed by atoms with Crippen molar-refractivity contribution in [1.29, 1.82) is 0 Å². The van der Waals surface area contributed by atoms with Crippen LogP contribution in [0.2, 0.25) is 0 Å². The normalized spacial score (nSPS) is 19.6. The van der Waals surface area contributed by atoms with E-state index in [9.17, 15) is 18.3 Å². The molecular weight excluding hydrogens is 425 g/mol. The number of H-pyrrole nitrogens is 1. The number of aliphatic hydroxyl groups excluding tert-OH is 1. The number of nitrogens with zero attached hydrogens (tertiary/aromatic N) is 7. The third-order valence-corrected chi connectivity index (χ3v) is 5.67. The first-order valence-corrected chi connectivity index (χ1v) is 10.0. The number of hydrogen-bond acceptors (Lipinski definition) is 7. The molecular formula is C20H19F3N8O. The lowest BCUT2D eigenvalue weighted by Crippen LogP contribution is -2.41. The van der Waals surface area contributed by atoms with Gasteiger partial charge in [0.1, 0.15) is 11.5 Å². The lowest BCUT2D eigenvalue weighted by molar-refractivity contribution is -0.141. The number of piperidine rings is 1. The Bertz CT molecular complexity index is 1220. The lowest BCUT2D eigenvalue weighted by atomic mass is 9.86. The van der Waals surface area contributed by atoms with Gasteiger partial charge in [-0.3, -0.25) is 9.50 Å². The zero-order valence-electron chi connectivity index (χ0n) is 16.7. The van der Waals surface area contributed by atoms with Gasteiger partial charge in [-0.15, -0.1) is 0 Å². The predicted octanol–water partition coefficient (Wildman–Crippen LogP) is 2.53. The Morgan fingerprint density at radius 1 is 1.12 bits per heavy atom. The van der Waals surface area contributed by atoms with Gasteiger partial charge in [-0.1, -0.05) is 0 Å². The van der Waals surface area contributed by atoms with Crippen LogP contribution >= 0.6 is 0 Å². The molecule has 0 spiro atoms. The first-order valence-electron chi connectivity index (χ1n) is 10.0. The fourth-order valence-electron chi connectivity index (χ4n) is 4.10. The topological polar surface area (TPSA) is 108 Å². The molecule has 5 rings (SSSR count). The summed E-state index contributed by atoms with van der Waals surface area (Å²) in [6, 6.07) is 1.75. The van der Waals surface area contributed by atoms with Gasteiger partial charge < -0.3 is 10.0 Å². The van der Waals surface area contributed by atoms with E-state index in [2.05, 4.69) is 35.0 Å².